The summed E-state index contributed by atoms with van der Waals surface area (Å²) in [4.78, 5) is 24.6. The van der Waals surface area contributed by atoms with Gasteiger partial charge in [-0.25, -0.2) is 5.10 Å². The third kappa shape index (κ3) is 3.16. The normalized spacial score (nSPS) is 16.5. The molecular formula is C12H18N4O2. The molecule has 2 N–H and O–H groups in total. The number of nitrogens with one attached hydrogen (secondary N) is 2. The van der Waals surface area contributed by atoms with Gasteiger partial charge in [0.15, 0.2) is 0 Å². The Balaban J connectivity index is 1.95. The number of aromatic amines is 1. The molecule has 1 aliphatic heterocycles. The van der Waals surface area contributed by atoms with Crippen LogP contribution in [0.1, 0.15) is 23.3 Å². The molecule has 0 saturated carbocycles. The predicted molar refractivity (Wildman–Crippen MR) is 67.4 cm³/mol. The van der Waals surface area contributed by atoms with Gasteiger partial charge in [-0.1, -0.05) is 0 Å². The van der Waals surface area contributed by atoms with Crippen LogP contribution in [0.5, 0.6) is 0 Å². The second-order valence-electron chi connectivity index (χ2n) is 4.69. The van der Waals surface area contributed by atoms with E-state index in [2.05, 4.69) is 15.5 Å². The molecule has 98 valence electrons. The largest absolute Gasteiger partial charge is 0.340 e. The molecule has 6 heteroatoms. The molecule has 1 saturated heterocycles. The SMILES string of the molecule is CN(CC1CCNCC1)C(=O)c1ccc(=O)[nH]n1. The van der Waals surface area contributed by atoms with Crippen molar-refractivity contribution in [1.82, 2.24) is 20.4 Å². The monoisotopic (exact) mass is 250 g/mol. The number of rotatable bonds is 3. The van der Waals surface area contributed by atoms with Gasteiger partial charge in [0.1, 0.15) is 5.69 Å². The minimum absolute atomic E-state index is 0.148. The first-order valence-corrected chi connectivity index (χ1v) is 6.19. The molecule has 2 rings (SSSR count). The lowest BCUT2D eigenvalue weighted by Crippen LogP contribution is -2.37. The van der Waals surface area contributed by atoms with E-state index in [1.54, 1.807) is 11.9 Å². The fourth-order valence-electron chi connectivity index (χ4n) is 2.19. The van der Waals surface area contributed by atoms with Crippen molar-refractivity contribution in [2.45, 2.75) is 12.8 Å². The van der Waals surface area contributed by atoms with Crippen LogP contribution in [0.3, 0.4) is 0 Å². The maximum absolute atomic E-state index is 12.1. The first-order valence-electron chi connectivity index (χ1n) is 6.19. The molecule has 0 atom stereocenters. The molecule has 18 heavy (non-hydrogen) atoms. The van der Waals surface area contributed by atoms with Gasteiger partial charge >= 0.3 is 0 Å². The minimum Gasteiger partial charge on any atom is -0.340 e. The molecule has 0 bridgehead atoms. The summed E-state index contributed by atoms with van der Waals surface area (Å²) in [5, 5.41) is 9.33. The Morgan fingerprint density at radius 3 is 2.78 bits per heavy atom. The van der Waals surface area contributed by atoms with Gasteiger partial charge in [-0.2, -0.15) is 5.10 Å². The van der Waals surface area contributed by atoms with Gasteiger partial charge in [0, 0.05) is 19.7 Å². The molecule has 0 unspecified atom stereocenters. The molecule has 6 nitrogen and oxygen atoms in total. The van der Waals surface area contributed by atoms with E-state index in [9.17, 15) is 9.59 Å². The Labute approximate surface area is 105 Å². The highest BCUT2D eigenvalue weighted by molar-refractivity contribution is 5.91. The van der Waals surface area contributed by atoms with Crippen LogP contribution in [-0.4, -0.2) is 47.7 Å². The van der Waals surface area contributed by atoms with Crippen LogP contribution < -0.4 is 10.9 Å². The van der Waals surface area contributed by atoms with Crippen LogP contribution in [0.4, 0.5) is 0 Å². The number of nitrogens with zero attached hydrogens (tertiary/aromatic N) is 2. The highest BCUT2D eigenvalue weighted by Crippen LogP contribution is 2.13. The van der Waals surface area contributed by atoms with E-state index in [0.29, 0.717) is 5.92 Å². The molecule has 1 aliphatic rings. The van der Waals surface area contributed by atoms with Crippen LogP contribution in [0.2, 0.25) is 0 Å². The van der Waals surface area contributed by atoms with Gasteiger partial charge in [-0.3, -0.25) is 9.59 Å². The lowest BCUT2D eigenvalue weighted by atomic mass is 9.97. The highest BCUT2D eigenvalue weighted by Gasteiger charge is 2.19. The molecule has 1 amide bonds. The maximum Gasteiger partial charge on any atom is 0.274 e. The fraction of sp³-hybridized carbons (Fsp3) is 0.583. The number of H-pyrrole nitrogens is 1. The van der Waals surface area contributed by atoms with E-state index >= 15 is 0 Å². The van der Waals surface area contributed by atoms with Crippen molar-refractivity contribution in [2.75, 3.05) is 26.7 Å². The highest BCUT2D eigenvalue weighted by atomic mass is 16.2. The topological polar surface area (TPSA) is 78.1 Å². The van der Waals surface area contributed by atoms with Crippen molar-refractivity contribution in [1.29, 1.82) is 0 Å². The Morgan fingerprint density at radius 1 is 1.44 bits per heavy atom. The summed E-state index contributed by atoms with van der Waals surface area (Å²) in [5.41, 5.74) is -0.0152. The first kappa shape index (κ1) is 12.8. The zero-order valence-corrected chi connectivity index (χ0v) is 10.5. The van der Waals surface area contributed by atoms with E-state index in [1.807, 2.05) is 0 Å². The van der Waals surface area contributed by atoms with E-state index in [0.717, 1.165) is 32.5 Å². The second kappa shape index (κ2) is 5.77. The zero-order valence-electron chi connectivity index (χ0n) is 10.5. The van der Waals surface area contributed by atoms with Gasteiger partial charge in [0.25, 0.3) is 11.5 Å². The predicted octanol–water partition coefficient (Wildman–Crippen LogP) is -0.158. The van der Waals surface area contributed by atoms with Crippen LogP contribution in [0.25, 0.3) is 0 Å². The standard InChI is InChI=1S/C12H18N4O2/c1-16(8-9-4-6-13-7-5-9)12(18)10-2-3-11(17)15-14-10/h2-3,9,13H,4-8H2,1H3,(H,15,17). The average molecular weight is 250 g/mol. The Morgan fingerprint density at radius 2 is 2.17 bits per heavy atom. The van der Waals surface area contributed by atoms with Crippen LogP contribution in [0.15, 0.2) is 16.9 Å². The summed E-state index contributed by atoms with van der Waals surface area (Å²) in [5.74, 6) is 0.396. The van der Waals surface area contributed by atoms with Crippen LogP contribution >= 0.6 is 0 Å². The number of carbonyl (C=O) groups is 1. The third-order valence-electron chi connectivity index (χ3n) is 3.24. The smallest absolute Gasteiger partial charge is 0.274 e. The fourth-order valence-corrected chi connectivity index (χ4v) is 2.19. The number of hydrogen-bond donors (Lipinski definition) is 2. The quantitative estimate of drug-likeness (QED) is 0.781. The molecule has 2 heterocycles. The number of hydrogen-bond acceptors (Lipinski definition) is 4. The summed E-state index contributed by atoms with van der Waals surface area (Å²) in [6.07, 6.45) is 2.19. The Hall–Kier alpha value is -1.69. The zero-order chi connectivity index (χ0) is 13.0. The summed E-state index contributed by atoms with van der Waals surface area (Å²) in [7, 11) is 1.77. The molecule has 0 aliphatic carbocycles. The molecule has 1 aromatic heterocycles. The Kier molecular flexibility index (Phi) is 4.09. The van der Waals surface area contributed by atoms with E-state index < -0.39 is 0 Å². The average Bonchev–Trinajstić information content (AvgIpc) is 2.40. The summed E-state index contributed by atoms with van der Waals surface area (Å²) >= 11 is 0. The van der Waals surface area contributed by atoms with Crippen LogP contribution in [0, 0.1) is 5.92 Å². The molecule has 0 aromatic carbocycles. The second-order valence-corrected chi connectivity index (χ2v) is 4.69. The molecular weight excluding hydrogens is 232 g/mol. The number of aromatic nitrogens is 2. The molecule has 0 spiro atoms. The lowest BCUT2D eigenvalue weighted by Gasteiger charge is -2.27. The van der Waals surface area contributed by atoms with Gasteiger partial charge in [-0.05, 0) is 37.9 Å². The van der Waals surface area contributed by atoms with E-state index in [1.165, 1.54) is 12.1 Å². The van der Waals surface area contributed by atoms with Gasteiger partial charge in [-0.15, -0.1) is 0 Å². The van der Waals surface area contributed by atoms with E-state index in [4.69, 9.17) is 0 Å². The molecule has 0 radical (unpaired) electrons. The number of carbonyl (C=O) groups excluding carboxylic acids is 1. The minimum atomic E-state index is -0.299. The van der Waals surface area contributed by atoms with Gasteiger partial charge < -0.3 is 10.2 Å². The third-order valence-corrected chi connectivity index (χ3v) is 3.24. The van der Waals surface area contributed by atoms with Crippen molar-refractivity contribution in [3.63, 3.8) is 0 Å². The summed E-state index contributed by atoms with van der Waals surface area (Å²) < 4.78 is 0. The summed E-state index contributed by atoms with van der Waals surface area (Å²) in [6, 6.07) is 2.78. The summed E-state index contributed by atoms with van der Waals surface area (Å²) in [6.45, 7) is 2.77. The first-order chi connectivity index (χ1) is 8.66. The molecule has 1 aromatic rings. The van der Waals surface area contributed by atoms with Gasteiger partial charge in [0.2, 0.25) is 0 Å². The Bertz CT molecular complexity index is 445. The molecule has 1 fully saturated rings. The van der Waals surface area contributed by atoms with Crippen molar-refractivity contribution in [3.8, 4) is 0 Å². The maximum atomic E-state index is 12.1. The van der Waals surface area contributed by atoms with Crippen molar-refractivity contribution in [3.05, 3.63) is 28.2 Å². The van der Waals surface area contributed by atoms with Gasteiger partial charge in [0.05, 0.1) is 0 Å². The van der Waals surface area contributed by atoms with Crippen molar-refractivity contribution >= 4 is 5.91 Å². The van der Waals surface area contributed by atoms with Crippen LogP contribution in [-0.2, 0) is 0 Å². The number of amides is 1. The number of piperidine rings is 1. The van der Waals surface area contributed by atoms with Crippen molar-refractivity contribution in [2.24, 2.45) is 5.92 Å². The lowest BCUT2D eigenvalue weighted by molar-refractivity contribution is 0.0755. The van der Waals surface area contributed by atoms with E-state index in [-0.39, 0.29) is 17.2 Å². The van der Waals surface area contributed by atoms with Crippen molar-refractivity contribution < 1.29 is 4.79 Å².